The van der Waals surface area contributed by atoms with Gasteiger partial charge in [0.2, 0.25) is 0 Å². The van der Waals surface area contributed by atoms with Gasteiger partial charge in [-0.2, -0.15) is 0 Å². The zero-order valence-electron chi connectivity index (χ0n) is 7.16. The van der Waals surface area contributed by atoms with Crippen LogP contribution in [0.4, 0.5) is 0 Å². The summed E-state index contributed by atoms with van der Waals surface area (Å²) in [6, 6.07) is 5.68. The Bertz CT molecular complexity index is 452. The first-order valence-electron chi connectivity index (χ1n) is 4.55. The standard InChI is InChI=1S/C11H10O2/c12-10-5-8(7-1-2-7)6-11-9(10)3-4-13-11/h3-7,12H,1-2H2. The molecule has 1 heterocycles. The van der Waals surface area contributed by atoms with Crippen LogP contribution >= 0.6 is 0 Å². The van der Waals surface area contributed by atoms with E-state index >= 15 is 0 Å². The Morgan fingerprint density at radius 2 is 2.15 bits per heavy atom. The number of benzene rings is 1. The molecule has 0 unspecified atom stereocenters. The van der Waals surface area contributed by atoms with Gasteiger partial charge in [0.15, 0.2) is 0 Å². The van der Waals surface area contributed by atoms with Crippen LogP contribution in [0.15, 0.2) is 28.9 Å². The van der Waals surface area contributed by atoms with Crippen molar-refractivity contribution in [3.63, 3.8) is 0 Å². The van der Waals surface area contributed by atoms with Crippen molar-refractivity contribution in [1.29, 1.82) is 0 Å². The molecule has 2 aromatic rings. The van der Waals surface area contributed by atoms with Crippen LogP contribution in [0.1, 0.15) is 24.3 Å². The lowest BCUT2D eigenvalue weighted by Crippen LogP contribution is -1.78. The molecule has 0 saturated heterocycles. The molecule has 0 bridgehead atoms. The van der Waals surface area contributed by atoms with Crippen LogP contribution in [0.3, 0.4) is 0 Å². The second kappa shape index (κ2) is 2.28. The predicted molar refractivity (Wildman–Crippen MR) is 49.9 cm³/mol. The number of hydrogen-bond acceptors (Lipinski definition) is 2. The molecule has 2 heteroatoms. The smallest absolute Gasteiger partial charge is 0.137 e. The SMILES string of the molecule is Oc1cc(C2CC2)cc2occc12. The van der Waals surface area contributed by atoms with Crippen LogP contribution in [0, 0.1) is 0 Å². The minimum Gasteiger partial charge on any atom is -0.507 e. The van der Waals surface area contributed by atoms with Crippen LogP contribution in [-0.2, 0) is 0 Å². The Kier molecular flexibility index (Phi) is 1.23. The summed E-state index contributed by atoms with van der Waals surface area (Å²) in [7, 11) is 0. The van der Waals surface area contributed by atoms with E-state index < -0.39 is 0 Å². The lowest BCUT2D eigenvalue weighted by atomic mass is 10.1. The fourth-order valence-corrected chi connectivity index (χ4v) is 1.73. The van der Waals surface area contributed by atoms with Crippen molar-refractivity contribution in [2.45, 2.75) is 18.8 Å². The summed E-state index contributed by atoms with van der Waals surface area (Å²) < 4.78 is 5.26. The Morgan fingerprint density at radius 3 is 2.92 bits per heavy atom. The summed E-state index contributed by atoms with van der Waals surface area (Å²) in [6.07, 6.45) is 4.10. The van der Waals surface area contributed by atoms with Crippen molar-refractivity contribution in [2.75, 3.05) is 0 Å². The summed E-state index contributed by atoms with van der Waals surface area (Å²) in [5.41, 5.74) is 2.00. The van der Waals surface area contributed by atoms with Gasteiger partial charge in [-0.25, -0.2) is 0 Å². The van der Waals surface area contributed by atoms with E-state index in [4.69, 9.17) is 4.42 Å². The molecule has 1 aromatic carbocycles. The quantitative estimate of drug-likeness (QED) is 0.720. The molecule has 0 amide bonds. The van der Waals surface area contributed by atoms with Crippen LogP contribution in [0.2, 0.25) is 0 Å². The number of aromatic hydroxyl groups is 1. The van der Waals surface area contributed by atoms with Gasteiger partial charge in [0.25, 0.3) is 0 Å². The topological polar surface area (TPSA) is 33.4 Å². The van der Waals surface area contributed by atoms with E-state index in [0.717, 1.165) is 11.0 Å². The van der Waals surface area contributed by atoms with Crippen LogP contribution in [0.5, 0.6) is 5.75 Å². The number of phenols is 1. The lowest BCUT2D eigenvalue weighted by Gasteiger charge is -1.99. The molecule has 1 aliphatic carbocycles. The molecule has 0 aliphatic heterocycles. The molecular weight excluding hydrogens is 164 g/mol. The van der Waals surface area contributed by atoms with Gasteiger partial charge in [0.1, 0.15) is 11.3 Å². The van der Waals surface area contributed by atoms with E-state index in [2.05, 4.69) is 0 Å². The molecule has 0 atom stereocenters. The molecule has 2 nitrogen and oxygen atoms in total. The first kappa shape index (κ1) is 7.01. The monoisotopic (exact) mass is 174 g/mol. The minimum atomic E-state index is 0.341. The number of phenolic OH excluding ortho intramolecular Hbond substituents is 1. The normalized spacial score (nSPS) is 16.6. The Balaban J connectivity index is 2.27. The van der Waals surface area contributed by atoms with Gasteiger partial charge >= 0.3 is 0 Å². The first-order valence-corrected chi connectivity index (χ1v) is 4.55. The largest absolute Gasteiger partial charge is 0.507 e. The zero-order chi connectivity index (χ0) is 8.84. The highest BCUT2D eigenvalue weighted by atomic mass is 16.3. The number of rotatable bonds is 1. The van der Waals surface area contributed by atoms with E-state index in [0.29, 0.717) is 11.7 Å². The van der Waals surface area contributed by atoms with E-state index in [9.17, 15) is 5.11 Å². The van der Waals surface area contributed by atoms with Gasteiger partial charge in [-0.15, -0.1) is 0 Å². The minimum absolute atomic E-state index is 0.341. The molecule has 3 rings (SSSR count). The second-order valence-corrected chi connectivity index (χ2v) is 3.65. The maximum absolute atomic E-state index is 9.66. The van der Waals surface area contributed by atoms with Crippen molar-refractivity contribution in [1.82, 2.24) is 0 Å². The van der Waals surface area contributed by atoms with E-state index in [1.807, 2.05) is 12.1 Å². The lowest BCUT2D eigenvalue weighted by molar-refractivity contribution is 0.480. The van der Waals surface area contributed by atoms with Gasteiger partial charge in [-0.05, 0) is 42.5 Å². The Morgan fingerprint density at radius 1 is 1.31 bits per heavy atom. The summed E-state index contributed by atoms with van der Waals surface area (Å²) in [5, 5.41) is 10.5. The molecule has 1 N–H and O–H groups in total. The molecule has 0 radical (unpaired) electrons. The second-order valence-electron chi connectivity index (χ2n) is 3.65. The summed E-state index contributed by atoms with van der Waals surface area (Å²) >= 11 is 0. The Hall–Kier alpha value is -1.44. The number of fused-ring (bicyclic) bond motifs is 1. The maximum Gasteiger partial charge on any atom is 0.137 e. The van der Waals surface area contributed by atoms with Crippen molar-refractivity contribution in [3.05, 3.63) is 30.0 Å². The third-order valence-corrected chi connectivity index (χ3v) is 2.62. The molecule has 1 aromatic heterocycles. The molecule has 1 fully saturated rings. The fraction of sp³-hybridized carbons (Fsp3) is 0.273. The van der Waals surface area contributed by atoms with Gasteiger partial charge in [0, 0.05) is 0 Å². The van der Waals surface area contributed by atoms with Crippen molar-refractivity contribution in [3.8, 4) is 5.75 Å². The van der Waals surface area contributed by atoms with E-state index in [-0.39, 0.29) is 0 Å². The third-order valence-electron chi connectivity index (χ3n) is 2.62. The van der Waals surface area contributed by atoms with Crippen molar-refractivity contribution >= 4 is 11.0 Å². The summed E-state index contributed by atoms with van der Waals surface area (Å²) in [4.78, 5) is 0. The average Bonchev–Trinajstić information content (AvgIpc) is 2.85. The van der Waals surface area contributed by atoms with Gasteiger partial charge in [-0.1, -0.05) is 0 Å². The highest BCUT2D eigenvalue weighted by Crippen LogP contribution is 2.42. The van der Waals surface area contributed by atoms with Gasteiger partial charge in [-0.3, -0.25) is 0 Å². The highest BCUT2D eigenvalue weighted by Gasteiger charge is 2.24. The third kappa shape index (κ3) is 1.02. The molecule has 0 spiro atoms. The van der Waals surface area contributed by atoms with Crippen LogP contribution in [0.25, 0.3) is 11.0 Å². The summed E-state index contributed by atoms with van der Waals surface area (Å²) in [6.45, 7) is 0. The van der Waals surface area contributed by atoms with Gasteiger partial charge in [0.05, 0.1) is 11.6 Å². The predicted octanol–water partition coefficient (Wildman–Crippen LogP) is 3.02. The van der Waals surface area contributed by atoms with Crippen molar-refractivity contribution in [2.24, 2.45) is 0 Å². The molecule has 1 aliphatic rings. The highest BCUT2D eigenvalue weighted by molar-refractivity contribution is 5.84. The Labute approximate surface area is 75.8 Å². The molecule has 13 heavy (non-hydrogen) atoms. The molecule has 66 valence electrons. The molecular formula is C11H10O2. The average molecular weight is 174 g/mol. The number of hydrogen-bond donors (Lipinski definition) is 1. The fourth-order valence-electron chi connectivity index (χ4n) is 1.73. The van der Waals surface area contributed by atoms with E-state index in [1.165, 1.54) is 18.4 Å². The maximum atomic E-state index is 9.66. The summed E-state index contributed by atoms with van der Waals surface area (Å²) in [5.74, 6) is 0.994. The van der Waals surface area contributed by atoms with Crippen LogP contribution in [-0.4, -0.2) is 5.11 Å². The molecule has 1 saturated carbocycles. The number of furan rings is 1. The van der Waals surface area contributed by atoms with E-state index in [1.54, 1.807) is 12.3 Å². The zero-order valence-corrected chi connectivity index (χ0v) is 7.16. The van der Waals surface area contributed by atoms with Crippen LogP contribution < -0.4 is 0 Å². The first-order chi connectivity index (χ1) is 6.34. The van der Waals surface area contributed by atoms with Crippen molar-refractivity contribution < 1.29 is 9.52 Å². The van der Waals surface area contributed by atoms with Gasteiger partial charge < -0.3 is 9.52 Å².